The highest BCUT2D eigenvalue weighted by molar-refractivity contribution is 7.99. The zero-order valence-corrected chi connectivity index (χ0v) is 18.0. The van der Waals surface area contributed by atoms with E-state index in [4.69, 9.17) is 16.7 Å². The highest BCUT2D eigenvalue weighted by Gasteiger charge is 2.21. The lowest BCUT2D eigenvalue weighted by Crippen LogP contribution is -2.32. The first-order chi connectivity index (χ1) is 13.1. The Morgan fingerprint density at radius 1 is 1.07 bits per heavy atom. The molecule has 0 spiro atoms. The molecule has 4 nitrogen and oxygen atoms in total. The molecule has 1 aliphatic rings. The lowest BCUT2D eigenvalue weighted by Gasteiger charge is -2.31. The minimum atomic E-state index is 0.261. The zero-order valence-electron chi connectivity index (χ0n) is 16.4. The molecule has 0 amide bonds. The molecule has 0 bridgehead atoms. The van der Waals surface area contributed by atoms with Gasteiger partial charge in [-0.3, -0.25) is 0 Å². The molecular formula is C21H30ClN3OS. The van der Waals surface area contributed by atoms with Gasteiger partial charge in [-0.15, -0.1) is 0 Å². The van der Waals surface area contributed by atoms with Crippen molar-refractivity contribution in [3.63, 3.8) is 0 Å². The number of anilines is 2. The molecule has 0 unspecified atom stereocenters. The van der Waals surface area contributed by atoms with Crippen molar-refractivity contribution in [2.24, 2.45) is 0 Å². The maximum Gasteiger partial charge on any atom is 0.0567 e. The van der Waals surface area contributed by atoms with Crippen LogP contribution in [-0.2, 0) is 0 Å². The number of rotatable bonds is 7. The number of likely N-dealkylation sites (N-methyl/N-ethyl adjacent to an activating group) is 2. The van der Waals surface area contributed by atoms with Gasteiger partial charge in [0.15, 0.2) is 0 Å². The van der Waals surface area contributed by atoms with E-state index >= 15 is 0 Å². The lowest BCUT2D eigenvalue weighted by atomic mass is 10.2. The molecule has 3 rings (SSSR count). The Labute approximate surface area is 172 Å². The highest BCUT2D eigenvalue weighted by Crippen LogP contribution is 2.48. The van der Waals surface area contributed by atoms with Crippen LogP contribution >= 0.6 is 23.4 Å². The van der Waals surface area contributed by atoms with Gasteiger partial charge in [0, 0.05) is 41.0 Å². The molecule has 0 aliphatic carbocycles. The molecule has 1 heterocycles. The molecule has 2 aromatic rings. The van der Waals surface area contributed by atoms with E-state index in [1.165, 1.54) is 21.2 Å². The van der Waals surface area contributed by atoms with E-state index in [0.717, 1.165) is 37.7 Å². The van der Waals surface area contributed by atoms with Crippen molar-refractivity contribution in [2.45, 2.75) is 23.6 Å². The van der Waals surface area contributed by atoms with E-state index in [1.54, 1.807) is 0 Å². The minimum Gasteiger partial charge on any atom is -0.395 e. The van der Waals surface area contributed by atoms with E-state index in [0.29, 0.717) is 0 Å². The van der Waals surface area contributed by atoms with Crippen molar-refractivity contribution >= 4 is 34.7 Å². The van der Waals surface area contributed by atoms with Gasteiger partial charge in [0.05, 0.1) is 18.0 Å². The van der Waals surface area contributed by atoms with Crippen LogP contribution in [-0.4, -0.2) is 56.4 Å². The van der Waals surface area contributed by atoms with Crippen LogP contribution in [0, 0.1) is 0 Å². The van der Waals surface area contributed by atoms with Crippen LogP contribution in [0.4, 0.5) is 11.4 Å². The fourth-order valence-electron chi connectivity index (χ4n) is 2.98. The summed E-state index contributed by atoms with van der Waals surface area (Å²) < 4.78 is 0. The highest BCUT2D eigenvalue weighted by atomic mass is 35.5. The van der Waals surface area contributed by atoms with Crippen molar-refractivity contribution in [3.8, 4) is 0 Å². The SMILES string of the molecule is CCN(CCO)CCNC.CCN1c2ccccc2Sc2ccc(Cl)cc21. The normalized spacial score (nSPS) is 12.3. The van der Waals surface area contributed by atoms with E-state index in [9.17, 15) is 0 Å². The smallest absolute Gasteiger partial charge is 0.0567 e. The topological polar surface area (TPSA) is 38.7 Å². The fourth-order valence-corrected chi connectivity index (χ4v) is 4.22. The maximum atomic E-state index is 8.61. The summed E-state index contributed by atoms with van der Waals surface area (Å²) in [6.45, 7) is 9.30. The standard InChI is InChI=1S/C14H12ClNS.C7H18N2O/c1-2-16-11-5-3-4-6-13(11)17-14-8-7-10(15)9-12(14)16;1-3-9(6-7-10)5-4-8-2/h3-9H,2H2,1H3;8,10H,3-7H2,1-2H3. The first-order valence-electron chi connectivity index (χ1n) is 9.46. The summed E-state index contributed by atoms with van der Waals surface area (Å²) in [6, 6.07) is 14.6. The van der Waals surface area contributed by atoms with E-state index in [-0.39, 0.29) is 6.61 Å². The van der Waals surface area contributed by atoms with Crippen LogP contribution in [0.5, 0.6) is 0 Å². The molecule has 0 atom stereocenters. The summed E-state index contributed by atoms with van der Waals surface area (Å²) in [7, 11) is 1.94. The number of aliphatic hydroxyl groups excluding tert-OH is 1. The first kappa shape index (κ1) is 22.1. The summed E-state index contributed by atoms with van der Waals surface area (Å²) in [6.07, 6.45) is 0. The Morgan fingerprint density at radius 2 is 1.81 bits per heavy atom. The number of nitrogens with one attached hydrogen (secondary N) is 1. The molecule has 2 aromatic carbocycles. The van der Waals surface area contributed by atoms with Gasteiger partial charge in [-0.2, -0.15) is 0 Å². The predicted octanol–water partition coefficient (Wildman–Crippen LogP) is 4.48. The third kappa shape index (κ3) is 6.13. The number of nitrogens with zero attached hydrogens (tertiary/aromatic N) is 2. The number of benzene rings is 2. The van der Waals surface area contributed by atoms with Gasteiger partial charge in [-0.25, -0.2) is 0 Å². The second-order valence-corrected chi connectivity index (χ2v) is 7.71. The van der Waals surface area contributed by atoms with Crippen molar-refractivity contribution in [1.82, 2.24) is 10.2 Å². The Bertz CT molecular complexity index is 714. The van der Waals surface area contributed by atoms with E-state index in [1.807, 2.05) is 30.9 Å². The quantitative estimate of drug-likeness (QED) is 0.707. The summed E-state index contributed by atoms with van der Waals surface area (Å²) in [5, 5.41) is 12.5. The van der Waals surface area contributed by atoms with E-state index < -0.39 is 0 Å². The summed E-state index contributed by atoms with van der Waals surface area (Å²) in [5.74, 6) is 0. The zero-order chi connectivity index (χ0) is 19.6. The molecule has 0 fully saturated rings. The lowest BCUT2D eigenvalue weighted by molar-refractivity contribution is 0.203. The van der Waals surface area contributed by atoms with Gasteiger partial charge in [0.25, 0.3) is 0 Å². The van der Waals surface area contributed by atoms with Crippen molar-refractivity contribution in [2.75, 3.05) is 51.3 Å². The second kappa shape index (κ2) is 11.6. The largest absolute Gasteiger partial charge is 0.395 e. The third-order valence-corrected chi connectivity index (χ3v) is 5.81. The number of halogens is 1. The number of aliphatic hydroxyl groups is 1. The van der Waals surface area contributed by atoms with Gasteiger partial charge in [-0.05, 0) is 50.8 Å². The monoisotopic (exact) mass is 407 g/mol. The Hall–Kier alpha value is -1.24. The maximum absolute atomic E-state index is 8.61. The van der Waals surface area contributed by atoms with Crippen molar-refractivity contribution in [1.29, 1.82) is 0 Å². The number of hydrogen-bond donors (Lipinski definition) is 2. The summed E-state index contributed by atoms with van der Waals surface area (Å²) >= 11 is 7.90. The number of para-hydroxylation sites is 1. The van der Waals surface area contributed by atoms with Crippen LogP contribution in [0.3, 0.4) is 0 Å². The van der Waals surface area contributed by atoms with Gasteiger partial charge in [-0.1, -0.05) is 42.4 Å². The average molecular weight is 408 g/mol. The summed E-state index contributed by atoms with van der Waals surface area (Å²) in [5.41, 5.74) is 2.48. The van der Waals surface area contributed by atoms with Crippen LogP contribution < -0.4 is 10.2 Å². The van der Waals surface area contributed by atoms with Crippen LogP contribution in [0.25, 0.3) is 0 Å². The average Bonchev–Trinajstić information content (AvgIpc) is 2.70. The molecule has 0 aromatic heterocycles. The predicted molar refractivity (Wildman–Crippen MR) is 118 cm³/mol. The Kier molecular flexibility index (Phi) is 9.45. The van der Waals surface area contributed by atoms with Crippen molar-refractivity contribution < 1.29 is 5.11 Å². The fraction of sp³-hybridized carbons (Fsp3) is 0.429. The van der Waals surface area contributed by atoms with Gasteiger partial charge in [0.1, 0.15) is 0 Å². The van der Waals surface area contributed by atoms with Gasteiger partial charge >= 0.3 is 0 Å². The molecule has 0 saturated carbocycles. The van der Waals surface area contributed by atoms with Gasteiger partial charge < -0.3 is 20.2 Å². The number of fused-ring (bicyclic) bond motifs is 2. The third-order valence-electron chi connectivity index (χ3n) is 4.45. The first-order valence-corrected chi connectivity index (χ1v) is 10.7. The molecule has 0 radical (unpaired) electrons. The second-order valence-electron chi connectivity index (χ2n) is 6.19. The van der Waals surface area contributed by atoms with E-state index in [2.05, 4.69) is 59.3 Å². The van der Waals surface area contributed by atoms with Crippen LogP contribution in [0.15, 0.2) is 52.3 Å². The van der Waals surface area contributed by atoms with Gasteiger partial charge in [0.2, 0.25) is 0 Å². The minimum absolute atomic E-state index is 0.261. The molecule has 1 aliphatic heterocycles. The van der Waals surface area contributed by atoms with Crippen molar-refractivity contribution in [3.05, 3.63) is 47.5 Å². The summed E-state index contributed by atoms with van der Waals surface area (Å²) in [4.78, 5) is 7.10. The number of hydrogen-bond acceptors (Lipinski definition) is 5. The molecule has 27 heavy (non-hydrogen) atoms. The Morgan fingerprint density at radius 3 is 2.48 bits per heavy atom. The molecule has 2 N–H and O–H groups in total. The van der Waals surface area contributed by atoms with Crippen LogP contribution in [0.2, 0.25) is 5.02 Å². The molecule has 148 valence electrons. The Balaban J connectivity index is 0.000000227. The van der Waals surface area contributed by atoms with Crippen LogP contribution in [0.1, 0.15) is 13.8 Å². The molecule has 0 saturated heterocycles. The molecular weight excluding hydrogens is 378 g/mol. The molecule has 6 heteroatoms.